The van der Waals surface area contributed by atoms with E-state index in [0.717, 1.165) is 11.1 Å². The van der Waals surface area contributed by atoms with Crippen molar-refractivity contribution in [2.24, 2.45) is 5.73 Å². The number of nitrogens with zero attached hydrogens (tertiary/aromatic N) is 2. The Labute approximate surface area is 123 Å². The lowest BCUT2D eigenvalue weighted by atomic mass is 10.1. The average Bonchev–Trinajstić information content (AvgIpc) is 2.92. The molecule has 2 rings (SSSR count). The zero-order valence-corrected chi connectivity index (χ0v) is 12.2. The van der Waals surface area contributed by atoms with E-state index in [4.69, 9.17) is 10.5 Å². The lowest BCUT2D eigenvalue weighted by molar-refractivity contribution is -0.117. The second kappa shape index (κ2) is 7.01. The van der Waals surface area contributed by atoms with Crippen molar-refractivity contribution < 1.29 is 9.53 Å². The summed E-state index contributed by atoms with van der Waals surface area (Å²) in [5, 5.41) is 6.94. The Bertz CT molecular complexity index is 592. The minimum absolute atomic E-state index is 0.282. The molecule has 0 radical (unpaired) electrons. The molecule has 1 aromatic carbocycles. The van der Waals surface area contributed by atoms with Gasteiger partial charge in [-0.15, -0.1) is 0 Å². The number of anilines is 1. The summed E-state index contributed by atoms with van der Waals surface area (Å²) in [5.74, 6) is 0.203. The summed E-state index contributed by atoms with van der Waals surface area (Å²) in [6, 6.07) is 8.60. The molecule has 0 spiro atoms. The Morgan fingerprint density at radius 1 is 1.38 bits per heavy atom. The molecule has 1 amide bonds. The fourth-order valence-electron chi connectivity index (χ4n) is 1.87. The lowest BCUT2D eigenvalue weighted by Crippen LogP contribution is -2.28. The molecule has 1 unspecified atom stereocenters. The normalized spacial score (nSPS) is 12.1. The van der Waals surface area contributed by atoms with E-state index in [1.807, 2.05) is 31.2 Å². The number of methoxy groups -OCH3 is 1. The van der Waals surface area contributed by atoms with E-state index in [-0.39, 0.29) is 5.91 Å². The van der Waals surface area contributed by atoms with Crippen molar-refractivity contribution in [1.82, 2.24) is 9.78 Å². The number of ether oxygens (including phenoxy) is 1. The molecule has 0 aliphatic rings. The highest BCUT2D eigenvalue weighted by atomic mass is 16.5. The van der Waals surface area contributed by atoms with Gasteiger partial charge in [0, 0.05) is 19.4 Å². The van der Waals surface area contributed by atoms with E-state index in [2.05, 4.69) is 10.4 Å². The van der Waals surface area contributed by atoms with Crippen molar-refractivity contribution in [2.75, 3.05) is 19.0 Å². The number of amides is 1. The summed E-state index contributed by atoms with van der Waals surface area (Å²) in [6.45, 7) is 3.19. The second-order valence-electron chi connectivity index (χ2n) is 4.83. The third-order valence-corrected chi connectivity index (χ3v) is 3.14. The fourth-order valence-corrected chi connectivity index (χ4v) is 1.87. The molecule has 0 saturated heterocycles. The van der Waals surface area contributed by atoms with E-state index >= 15 is 0 Å². The predicted octanol–water partition coefficient (Wildman–Crippen LogP) is 1.48. The van der Waals surface area contributed by atoms with Crippen LogP contribution in [0.25, 0.3) is 0 Å². The van der Waals surface area contributed by atoms with Gasteiger partial charge in [0.15, 0.2) is 5.82 Å². The molecule has 21 heavy (non-hydrogen) atoms. The van der Waals surface area contributed by atoms with Crippen molar-refractivity contribution in [3.8, 4) is 0 Å². The highest BCUT2D eigenvalue weighted by Crippen LogP contribution is 2.13. The number of aryl methyl sites for hydroxylation is 1. The van der Waals surface area contributed by atoms with Crippen LogP contribution < -0.4 is 11.1 Å². The molecule has 1 atom stereocenters. The van der Waals surface area contributed by atoms with Gasteiger partial charge in [0.1, 0.15) is 6.04 Å². The van der Waals surface area contributed by atoms with Gasteiger partial charge in [-0.3, -0.25) is 9.48 Å². The SMILES string of the molecule is COCCn1ccc(NC(=O)C(N)c2ccc(C)cc2)n1. The van der Waals surface area contributed by atoms with Gasteiger partial charge in [0.25, 0.3) is 0 Å². The van der Waals surface area contributed by atoms with E-state index < -0.39 is 6.04 Å². The van der Waals surface area contributed by atoms with Crippen molar-refractivity contribution in [1.29, 1.82) is 0 Å². The minimum Gasteiger partial charge on any atom is -0.383 e. The molecule has 0 aliphatic heterocycles. The van der Waals surface area contributed by atoms with Crippen molar-refractivity contribution >= 4 is 11.7 Å². The number of carbonyl (C=O) groups excluding carboxylic acids is 1. The first-order valence-corrected chi connectivity index (χ1v) is 6.75. The van der Waals surface area contributed by atoms with E-state index in [1.165, 1.54) is 0 Å². The molecule has 0 aliphatic carbocycles. The summed E-state index contributed by atoms with van der Waals surface area (Å²) >= 11 is 0. The van der Waals surface area contributed by atoms with Gasteiger partial charge >= 0.3 is 0 Å². The second-order valence-corrected chi connectivity index (χ2v) is 4.83. The predicted molar refractivity (Wildman–Crippen MR) is 80.8 cm³/mol. The number of hydrogen-bond donors (Lipinski definition) is 2. The lowest BCUT2D eigenvalue weighted by Gasteiger charge is -2.11. The van der Waals surface area contributed by atoms with Crippen LogP contribution >= 0.6 is 0 Å². The zero-order valence-electron chi connectivity index (χ0n) is 12.2. The summed E-state index contributed by atoms with van der Waals surface area (Å²) in [5.41, 5.74) is 7.86. The molecule has 1 heterocycles. The van der Waals surface area contributed by atoms with E-state index in [0.29, 0.717) is 19.0 Å². The molecule has 2 aromatic rings. The van der Waals surface area contributed by atoms with Gasteiger partial charge in [0.05, 0.1) is 13.2 Å². The number of benzene rings is 1. The zero-order chi connectivity index (χ0) is 15.2. The number of nitrogens with two attached hydrogens (primary N) is 1. The van der Waals surface area contributed by atoms with E-state index in [9.17, 15) is 4.79 Å². The van der Waals surface area contributed by atoms with Crippen LogP contribution in [-0.2, 0) is 16.1 Å². The Morgan fingerprint density at radius 3 is 2.76 bits per heavy atom. The first-order valence-electron chi connectivity index (χ1n) is 6.75. The van der Waals surface area contributed by atoms with Crippen LogP contribution in [0.3, 0.4) is 0 Å². The molecule has 112 valence electrons. The van der Waals surface area contributed by atoms with Crippen LogP contribution in [0.4, 0.5) is 5.82 Å². The Balaban J connectivity index is 1.97. The van der Waals surface area contributed by atoms with Gasteiger partial charge in [-0.25, -0.2) is 0 Å². The van der Waals surface area contributed by atoms with Crippen LogP contribution in [-0.4, -0.2) is 29.4 Å². The van der Waals surface area contributed by atoms with Gasteiger partial charge in [-0.1, -0.05) is 29.8 Å². The third kappa shape index (κ3) is 4.14. The number of rotatable bonds is 6. The Kier molecular flexibility index (Phi) is 5.08. The molecule has 1 aromatic heterocycles. The summed E-state index contributed by atoms with van der Waals surface area (Å²) in [7, 11) is 1.63. The first-order chi connectivity index (χ1) is 10.1. The molecule has 0 saturated carbocycles. The van der Waals surface area contributed by atoms with Gasteiger partial charge in [-0.2, -0.15) is 5.10 Å². The number of hydrogen-bond acceptors (Lipinski definition) is 4. The monoisotopic (exact) mass is 288 g/mol. The maximum atomic E-state index is 12.1. The highest BCUT2D eigenvalue weighted by molar-refractivity contribution is 5.94. The first kappa shape index (κ1) is 15.2. The van der Waals surface area contributed by atoms with E-state index in [1.54, 1.807) is 24.1 Å². The van der Waals surface area contributed by atoms with Crippen molar-refractivity contribution in [2.45, 2.75) is 19.5 Å². The maximum Gasteiger partial charge on any atom is 0.247 e. The van der Waals surface area contributed by atoms with Crippen molar-refractivity contribution in [3.05, 3.63) is 47.7 Å². The van der Waals surface area contributed by atoms with Gasteiger partial charge < -0.3 is 15.8 Å². The quantitative estimate of drug-likeness (QED) is 0.843. The Hall–Kier alpha value is -2.18. The fraction of sp³-hybridized carbons (Fsp3) is 0.333. The smallest absolute Gasteiger partial charge is 0.247 e. The molecule has 6 heteroatoms. The van der Waals surface area contributed by atoms with Crippen LogP contribution in [0, 0.1) is 6.92 Å². The summed E-state index contributed by atoms with van der Waals surface area (Å²) in [6.07, 6.45) is 1.78. The Morgan fingerprint density at radius 2 is 2.10 bits per heavy atom. The van der Waals surface area contributed by atoms with Crippen LogP contribution in [0.1, 0.15) is 17.2 Å². The molecule has 0 bridgehead atoms. The molecular formula is C15H20N4O2. The van der Waals surface area contributed by atoms with Crippen LogP contribution in [0.15, 0.2) is 36.5 Å². The van der Waals surface area contributed by atoms with Gasteiger partial charge in [-0.05, 0) is 12.5 Å². The molecule has 6 nitrogen and oxygen atoms in total. The van der Waals surface area contributed by atoms with Gasteiger partial charge in [0.2, 0.25) is 5.91 Å². The topological polar surface area (TPSA) is 82.2 Å². The maximum absolute atomic E-state index is 12.1. The number of aromatic nitrogens is 2. The molecule has 3 N–H and O–H groups in total. The highest BCUT2D eigenvalue weighted by Gasteiger charge is 2.16. The molecule has 0 fully saturated rings. The molecular weight excluding hydrogens is 268 g/mol. The van der Waals surface area contributed by atoms with Crippen molar-refractivity contribution in [3.63, 3.8) is 0 Å². The number of carbonyl (C=O) groups is 1. The standard InChI is InChI=1S/C15H20N4O2/c1-11-3-5-12(6-4-11)14(16)15(20)17-13-7-8-19(18-13)9-10-21-2/h3-8,14H,9-10,16H2,1-2H3,(H,17,18,20). The van der Waals surface area contributed by atoms with Crippen LogP contribution in [0.2, 0.25) is 0 Å². The largest absolute Gasteiger partial charge is 0.383 e. The number of nitrogens with one attached hydrogen (secondary N) is 1. The average molecular weight is 288 g/mol. The van der Waals surface area contributed by atoms with Crippen LogP contribution in [0.5, 0.6) is 0 Å². The summed E-state index contributed by atoms with van der Waals surface area (Å²) in [4.78, 5) is 12.1. The third-order valence-electron chi connectivity index (χ3n) is 3.14. The summed E-state index contributed by atoms with van der Waals surface area (Å²) < 4.78 is 6.68. The minimum atomic E-state index is -0.713.